The van der Waals surface area contributed by atoms with Crippen molar-refractivity contribution in [1.82, 2.24) is 4.98 Å². The number of nitrogens with one attached hydrogen (secondary N) is 1. The molecule has 0 spiro atoms. The van der Waals surface area contributed by atoms with Gasteiger partial charge >= 0.3 is 5.97 Å². The summed E-state index contributed by atoms with van der Waals surface area (Å²) in [6.45, 7) is 4.14. The maximum absolute atomic E-state index is 12.0. The molecule has 20 heavy (non-hydrogen) atoms. The van der Waals surface area contributed by atoms with E-state index in [1.165, 1.54) is 19.1 Å². The molecule has 0 unspecified atom stereocenters. The second kappa shape index (κ2) is 6.83. The fraction of sp³-hybridized carbons (Fsp3) is 0.571. The maximum Gasteiger partial charge on any atom is 0.341 e. The summed E-state index contributed by atoms with van der Waals surface area (Å²) in [6.07, 6.45) is 5.95. The van der Waals surface area contributed by atoms with Crippen molar-refractivity contribution in [1.29, 1.82) is 0 Å². The number of esters is 1. The smallest absolute Gasteiger partial charge is 0.341 e. The zero-order valence-electron chi connectivity index (χ0n) is 12.2. The van der Waals surface area contributed by atoms with E-state index in [1.54, 1.807) is 6.20 Å². The standard InChI is InChI=1S/C14H21N3O2S/c1-10-4-6-17(7-5-10)13-12(14(18)19-2)8-11(9-15-13)16-20-3/h8-10,16H,4-7H2,1-3H3. The number of rotatable bonds is 4. The van der Waals surface area contributed by atoms with Crippen molar-refractivity contribution in [2.45, 2.75) is 19.8 Å². The van der Waals surface area contributed by atoms with Gasteiger partial charge in [0, 0.05) is 19.3 Å². The van der Waals surface area contributed by atoms with Crippen molar-refractivity contribution in [2.24, 2.45) is 5.92 Å². The van der Waals surface area contributed by atoms with Gasteiger partial charge in [-0.25, -0.2) is 9.78 Å². The van der Waals surface area contributed by atoms with Crippen LogP contribution in [-0.4, -0.2) is 37.4 Å². The zero-order valence-corrected chi connectivity index (χ0v) is 13.0. The minimum absolute atomic E-state index is 0.337. The number of carbonyl (C=O) groups is 1. The summed E-state index contributed by atoms with van der Waals surface area (Å²) >= 11 is 1.47. The predicted octanol–water partition coefficient (Wildman–Crippen LogP) is 2.79. The lowest BCUT2D eigenvalue weighted by Gasteiger charge is -2.32. The molecule has 1 N–H and O–H groups in total. The number of aromatic nitrogens is 1. The number of hydrogen-bond acceptors (Lipinski definition) is 6. The molecular formula is C14H21N3O2S. The minimum atomic E-state index is -0.337. The van der Waals surface area contributed by atoms with Crippen molar-refractivity contribution in [3.05, 3.63) is 17.8 Å². The average Bonchev–Trinajstić information content (AvgIpc) is 2.48. The first kappa shape index (κ1) is 15.0. The van der Waals surface area contributed by atoms with Crippen LogP contribution in [0, 0.1) is 5.92 Å². The van der Waals surface area contributed by atoms with E-state index >= 15 is 0 Å². The molecule has 0 bridgehead atoms. The van der Waals surface area contributed by atoms with E-state index < -0.39 is 0 Å². The van der Waals surface area contributed by atoms with Gasteiger partial charge in [-0.1, -0.05) is 18.9 Å². The molecule has 1 saturated heterocycles. The van der Waals surface area contributed by atoms with Crippen LogP contribution in [0.4, 0.5) is 11.5 Å². The van der Waals surface area contributed by atoms with Crippen LogP contribution in [-0.2, 0) is 4.74 Å². The van der Waals surface area contributed by atoms with Gasteiger partial charge in [0.25, 0.3) is 0 Å². The monoisotopic (exact) mass is 295 g/mol. The number of piperidine rings is 1. The number of hydrogen-bond donors (Lipinski definition) is 1. The Bertz CT molecular complexity index is 473. The number of nitrogens with zero attached hydrogens (tertiary/aromatic N) is 2. The van der Waals surface area contributed by atoms with Crippen molar-refractivity contribution >= 4 is 29.4 Å². The van der Waals surface area contributed by atoms with Gasteiger partial charge in [0.15, 0.2) is 0 Å². The summed E-state index contributed by atoms with van der Waals surface area (Å²) in [5.74, 6) is 1.14. The quantitative estimate of drug-likeness (QED) is 0.681. The van der Waals surface area contributed by atoms with Crippen LogP contribution in [0.3, 0.4) is 0 Å². The Labute approximate surface area is 124 Å². The lowest BCUT2D eigenvalue weighted by atomic mass is 9.99. The van der Waals surface area contributed by atoms with E-state index in [1.807, 2.05) is 12.3 Å². The van der Waals surface area contributed by atoms with Gasteiger partial charge in [-0.15, -0.1) is 0 Å². The lowest BCUT2D eigenvalue weighted by molar-refractivity contribution is 0.0601. The normalized spacial score (nSPS) is 16.1. The average molecular weight is 295 g/mol. The molecule has 1 aliphatic heterocycles. The first-order chi connectivity index (χ1) is 9.65. The second-order valence-corrected chi connectivity index (χ2v) is 5.67. The molecule has 2 heterocycles. The summed E-state index contributed by atoms with van der Waals surface area (Å²) in [4.78, 5) is 18.6. The van der Waals surface area contributed by atoms with E-state index in [0.29, 0.717) is 5.56 Å². The Morgan fingerprint density at radius 1 is 1.50 bits per heavy atom. The molecule has 2 rings (SSSR count). The van der Waals surface area contributed by atoms with Crippen LogP contribution in [0.2, 0.25) is 0 Å². The summed E-state index contributed by atoms with van der Waals surface area (Å²) in [6, 6.07) is 1.81. The third kappa shape index (κ3) is 3.36. The Hall–Kier alpha value is -1.43. The molecule has 1 aromatic rings. The lowest BCUT2D eigenvalue weighted by Crippen LogP contribution is -2.34. The molecule has 0 aliphatic carbocycles. The molecular weight excluding hydrogens is 274 g/mol. The fourth-order valence-electron chi connectivity index (χ4n) is 2.36. The van der Waals surface area contributed by atoms with Gasteiger partial charge in [-0.05, 0) is 24.8 Å². The van der Waals surface area contributed by atoms with Gasteiger partial charge in [0.2, 0.25) is 0 Å². The summed E-state index contributed by atoms with van der Waals surface area (Å²) in [5.41, 5.74) is 1.34. The van der Waals surface area contributed by atoms with E-state index in [-0.39, 0.29) is 5.97 Å². The largest absolute Gasteiger partial charge is 0.465 e. The molecule has 1 fully saturated rings. The number of pyridine rings is 1. The number of anilines is 2. The Balaban J connectivity index is 2.28. The highest BCUT2D eigenvalue weighted by Gasteiger charge is 2.23. The predicted molar refractivity (Wildman–Crippen MR) is 83.3 cm³/mol. The second-order valence-electron chi connectivity index (χ2n) is 5.06. The zero-order chi connectivity index (χ0) is 14.5. The van der Waals surface area contributed by atoms with Gasteiger partial charge < -0.3 is 14.4 Å². The van der Waals surface area contributed by atoms with Crippen LogP contribution in [0.5, 0.6) is 0 Å². The van der Waals surface area contributed by atoms with Crippen LogP contribution in [0.15, 0.2) is 12.3 Å². The number of ether oxygens (including phenoxy) is 1. The van der Waals surface area contributed by atoms with Crippen molar-refractivity contribution in [3.8, 4) is 0 Å². The molecule has 0 aromatic carbocycles. The maximum atomic E-state index is 12.0. The molecule has 0 radical (unpaired) electrons. The Morgan fingerprint density at radius 3 is 2.80 bits per heavy atom. The van der Waals surface area contributed by atoms with Crippen LogP contribution in [0.1, 0.15) is 30.1 Å². The summed E-state index contributed by atoms with van der Waals surface area (Å²) in [5, 5.41) is 0. The third-order valence-corrected chi connectivity index (χ3v) is 4.01. The fourth-order valence-corrected chi connectivity index (χ4v) is 2.71. The molecule has 0 amide bonds. The third-order valence-electron chi connectivity index (χ3n) is 3.58. The first-order valence-electron chi connectivity index (χ1n) is 6.78. The van der Waals surface area contributed by atoms with Crippen LogP contribution >= 0.6 is 11.9 Å². The van der Waals surface area contributed by atoms with E-state index in [0.717, 1.165) is 43.4 Å². The molecule has 6 heteroatoms. The molecule has 0 atom stereocenters. The Morgan fingerprint density at radius 2 is 2.20 bits per heavy atom. The number of methoxy groups -OCH3 is 1. The molecule has 110 valence electrons. The van der Waals surface area contributed by atoms with Crippen LogP contribution in [0.25, 0.3) is 0 Å². The van der Waals surface area contributed by atoms with Gasteiger partial charge in [0.05, 0.1) is 19.0 Å². The minimum Gasteiger partial charge on any atom is -0.465 e. The number of carbonyl (C=O) groups excluding carboxylic acids is 1. The van der Waals surface area contributed by atoms with Gasteiger partial charge in [-0.2, -0.15) is 0 Å². The van der Waals surface area contributed by atoms with E-state index in [4.69, 9.17) is 4.74 Å². The topological polar surface area (TPSA) is 54.5 Å². The molecule has 1 aromatic heterocycles. The Kier molecular flexibility index (Phi) is 5.11. The van der Waals surface area contributed by atoms with Crippen molar-refractivity contribution in [2.75, 3.05) is 36.1 Å². The molecule has 0 saturated carbocycles. The molecule has 5 nitrogen and oxygen atoms in total. The highest BCUT2D eigenvalue weighted by atomic mass is 32.2. The highest BCUT2D eigenvalue weighted by Crippen LogP contribution is 2.27. The first-order valence-corrected chi connectivity index (χ1v) is 8.00. The van der Waals surface area contributed by atoms with E-state index in [9.17, 15) is 4.79 Å². The van der Waals surface area contributed by atoms with E-state index in [2.05, 4.69) is 21.5 Å². The van der Waals surface area contributed by atoms with Gasteiger partial charge in [0.1, 0.15) is 11.4 Å². The molecule has 1 aliphatic rings. The summed E-state index contributed by atoms with van der Waals surface area (Å²) in [7, 11) is 1.40. The SMILES string of the molecule is COC(=O)c1cc(NSC)cnc1N1CCC(C)CC1. The van der Waals surface area contributed by atoms with Crippen molar-refractivity contribution in [3.63, 3.8) is 0 Å². The van der Waals surface area contributed by atoms with Crippen molar-refractivity contribution < 1.29 is 9.53 Å². The van der Waals surface area contributed by atoms with Gasteiger partial charge in [-0.3, -0.25) is 0 Å². The van der Waals surface area contributed by atoms with Crippen LogP contribution < -0.4 is 9.62 Å². The highest BCUT2D eigenvalue weighted by molar-refractivity contribution is 7.99. The summed E-state index contributed by atoms with van der Waals surface area (Å²) < 4.78 is 7.97.